The molecule has 192 valence electrons. The number of carbonyl (C=O) groups is 2. The Kier molecular flexibility index (Phi) is 8.44. The molecule has 2 aromatic heterocycles. The topological polar surface area (TPSA) is 124 Å². The number of nitrogens with one attached hydrogen (secondary N) is 1. The number of benzene rings is 1. The number of fused-ring (bicyclic) bond motifs is 1. The van der Waals surface area contributed by atoms with Crippen molar-refractivity contribution in [3.63, 3.8) is 0 Å². The van der Waals surface area contributed by atoms with E-state index in [4.69, 9.17) is 15.2 Å². The molecule has 3 heterocycles. The van der Waals surface area contributed by atoms with Gasteiger partial charge in [-0.05, 0) is 31.5 Å². The summed E-state index contributed by atoms with van der Waals surface area (Å²) in [4.78, 5) is 27.1. The summed E-state index contributed by atoms with van der Waals surface area (Å²) in [5, 5.41) is 11.6. The van der Waals surface area contributed by atoms with Crippen LogP contribution in [0.25, 0.3) is 5.65 Å². The van der Waals surface area contributed by atoms with Gasteiger partial charge in [-0.15, -0.1) is 10.2 Å². The Morgan fingerprint density at radius 2 is 1.83 bits per heavy atom. The van der Waals surface area contributed by atoms with Gasteiger partial charge in [-0.2, -0.15) is 11.8 Å². The van der Waals surface area contributed by atoms with Crippen LogP contribution in [0.15, 0.2) is 48.5 Å². The van der Waals surface area contributed by atoms with Crippen LogP contribution in [-0.2, 0) is 27.5 Å². The fourth-order valence-electron chi connectivity index (χ4n) is 3.74. The second-order valence-corrected chi connectivity index (χ2v) is 10.4. The number of carbonyl (C=O) groups excluding carboxylic acids is 2. The number of hydrogen-bond donors (Lipinski definition) is 2. The van der Waals surface area contributed by atoms with Crippen molar-refractivity contribution in [2.45, 2.75) is 38.6 Å². The molecule has 0 aliphatic carbocycles. The Balaban J connectivity index is 1.55. The van der Waals surface area contributed by atoms with Crippen molar-refractivity contribution < 1.29 is 19.1 Å². The summed E-state index contributed by atoms with van der Waals surface area (Å²) in [6, 6.07) is 14.6. The van der Waals surface area contributed by atoms with E-state index < -0.39 is 11.6 Å². The fourth-order valence-corrected chi connectivity index (χ4v) is 4.64. The van der Waals surface area contributed by atoms with E-state index in [2.05, 4.69) is 15.5 Å². The van der Waals surface area contributed by atoms with Crippen molar-refractivity contribution in [2.75, 3.05) is 31.2 Å². The summed E-state index contributed by atoms with van der Waals surface area (Å²) < 4.78 is 13.4. The van der Waals surface area contributed by atoms with Gasteiger partial charge in [0.15, 0.2) is 11.5 Å². The molecule has 0 bridgehead atoms. The van der Waals surface area contributed by atoms with E-state index in [1.807, 2.05) is 54.2 Å². The standard InChI is InChI=1S/C25H32N6O4S/c1-25(2,26)23(32)27-20(17-34-15-18-7-4-3-5-8-18)22-29-28-21-10-6-9-19(31(21)22)16-35-24(33)30-11-13-36-14-12-30/h3-10,20H,11-17,26H2,1-2H3,(H,27,32)/t20-/m1/s1. The molecule has 0 saturated carbocycles. The van der Waals surface area contributed by atoms with E-state index in [1.54, 1.807) is 29.2 Å². The molecule has 11 heteroatoms. The van der Waals surface area contributed by atoms with Gasteiger partial charge in [0.1, 0.15) is 12.6 Å². The molecule has 1 saturated heterocycles. The van der Waals surface area contributed by atoms with Crippen LogP contribution in [0, 0.1) is 0 Å². The highest BCUT2D eigenvalue weighted by atomic mass is 32.2. The van der Waals surface area contributed by atoms with E-state index in [0.717, 1.165) is 17.1 Å². The number of amides is 2. The van der Waals surface area contributed by atoms with E-state index >= 15 is 0 Å². The first kappa shape index (κ1) is 25.9. The van der Waals surface area contributed by atoms with Crippen LogP contribution in [-0.4, -0.2) is 68.2 Å². The van der Waals surface area contributed by atoms with Gasteiger partial charge in [0.25, 0.3) is 0 Å². The minimum atomic E-state index is -1.09. The summed E-state index contributed by atoms with van der Waals surface area (Å²) in [5.41, 5.74) is 7.21. The Hall–Kier alpha value is -3.15. The molecule has 36 heavy (non-hydrogen) atoms. The zero-order valence-corrected chi connectivity index (χ0v) is 21.4. The van der Waals surface area contributed by atoms with E-state index in [1.165, 1.54) is 0 Å². The van der Waals surface area contributed by atoms with Crippen LogP contribution in [0.5, 0.6) is 0 Å². The van der Waals surface area contributed by atoms with Gasteiger partial charge in [-0.1, -0.05) is 36.4 Å². The molecule has 0 spiro atoms. The van der Waals surface area contributed by atoms with Crippen molar-refractivity contribution in [1.29, 1.82) is 0 Å². The Bertz CT molecular complexity index is 1170. The summed E-state index contributed by atoms with van der Waals surface area (Å²) in [6.45, 7) is 5.18. The first-order valence-electron chi connectivity index (χ1n) is 11.9. The second kappa shape index (κ2) is 11.7. The molecular weight excluding hydrogens is 480 g/mol. The largest absolute Gasteiger partial charge is 0.443 e. The number of nitrogens with zero attached hydrogens (tertiary/aromatic N) is 4. The summed E-state index contributed by atoms with van der Waals surface area (Å²) in [6.07, 6.45) is -0.345. The number of nitrogens with two attached hydrogens (primary N) is 1. The number of ether oxygens (including phenoxy) is 2. The third kappa shape index (κ3) is 6.54. The van der Waals surface area contributed by atoms with Crippen molar-refractivity contribution in [3.05, 3.63) is 65.6 Å². The van der Waals surface area contributed by atoms with E-state index in [-0.39, 0.29) is 25.2 Å². The van der Waals surface area contributed by atoms with Crippen molar-refractivity contribution in [3.8, 4) is 0 Å². The van der Waals surface area contributed by atoms with Crippen LogP contribution < -0.4 is 11.1 Å². The molecular formula is C25H32N6O4S. The highest BCUT2D eigenvalue weighted by Gasteiger charge is 2.29. The van der Waals surface area contributed by atoms with Crippen molar-refractivity contribution in [1.82, 2.24) is 24.8 Å². The van der Waals surface area contributed by atoms with Crippen LogP contribution in [0.2, 0.25) is 0 Å². The summed E-state index contributed by atoms with van der Waals surface area (Å²) in [7, 11) is 0. The molecule has 0 unspecified atom stereocenters. The Morgan fingerprint density at radius 3 is 2.56 bits per heavy atom. The maximum Gasteiger partial charge on any atom is 0.410 e. The molecule has 1 fully saturated rings. The highest BCUT2D eigenvalue weighted by molar-refractivity contribution is 7.99. The molecule has 1 atom stereocenters. The second-order valence-electron chi connectivity index (χ2n) is 9.17. The average Bonchev–Trinajstić information content (AvgIpc) is 3.32. The predicted molar refractivity (Wildman–Crippen MR) is 137 cm³/mol. The molecule has 10 nitrogen and oxygen atoms in total. The van der Waals surface area contributed by atoms with Gasteiger partial charge in [-0.25, -0.2) is 4.79 Å². The monoisotopic (exact) mass is 512 g/mol. The van der Waals surface area contributed by atoms with Crippen LogP contribution in [0.4, 0.5) is 4.79 Å². The maximum absolute atomic E-state index is 12.8. The average molecular weight is 513 g/mol. The molecule has 1 aliphatic heterocycles. The van der Waals surface area contributed by atoms with Crippen molar-refractivity contribution in [2.24, 2.45) is 5.73 Å². The van der Waals surface area contributed by atoms with Crippen molar-refractivity contribution >= 4 is 29.4 Å². The smallest absolute Gasteiger partial charge is 0.410 e. The Morgan fingerprint density at radius 1 is 1.08 bits per heavy atom. The lowest BCUT2D eigenvalue weighted by Gasteiger charge is -2.26. The quantitative estimate of drug-likeness (QED) is 0.448. The molecule has 3 aromatic rings. The lowest BCUT2D eigenvalue weighted by molar-refractivity contribution is -0.126. The third-order valence-electron chi connectivity index (χ3n) is 5.75. The number of pyridine rings is 1. The van der Waals surface area contributed by atoms with Gasteiger partial charge in [0.05, 0.1) is 24.4 Å². The zero-order chi connectivity index (χ0) is 25.5. The lowest BCUT2D eigenvalue weighted by atomic mass is 10.1. The number of rotatable bonds is 9. The van der Waals surface area contributed by atoms with Gasteiger partial charge < -0.3 is 25.4 Å². The fraction of sp³-hybridized carbons (Fsp3) is 0.440. The summed E-state index contributed by atoms with van der Waals surface area (Å²) >= 11 is 1.82. The minimum absolute atomic E-state index is 0.0405. The Labute approximate surface area is 214 Å². The predicted octanol–water partition coefficient (Wildman–Crippen LogP) is 2.53. The number of aromatic nitrogens is 3. The molecule has 1 aromatic carbocycles. The minimum Gasteiger partial charge on any atom is -0.443 e. The van der Waals surface area contributed by atoms with E-state index in [0.29, 0.717) is 36.9 Å². The molecule has 0 radical (unpaired) electrons. The number of hydrogen-bond acceptors (Lipinski definition) is 8. The summed E-state index contributed by atoms with van der Waals surface area (Å²) in [5.74, 6) is 1.93. The third-order valence-corrected chi connectivity index (χ3v) is 6.69. The van der Waals surface area contributed by atoms with Gasteiger partial charge in [0, 0.05) is 24.6 Å². The maximum atomic E-state index is 12.8. The molecule has 1 aliphatic rings. The first-order valence-corrected chi connectivity index (χ1v) is 13.0. The van der Waals surface area contributed by atoms with Crippen LogP contribution >= 0.6 is 11.8 Å². The normalized spacial score (nSPS) is 15.0. The SMILES string of the molecule is CC(C)(N)C(=O)N[C@H](COCc1ccccc1)c1nnc2cccc(COC(=O)N3CCSCC3)n12. The van der Waals surface area contributed by atoms with Gasteiger partial charge >= 0.3 is 6.09 Å². The van der Waals surface area contributed by atoms with Gasteiger partial charge in [0.2, 0.25) is 5.91 Å². The van der Waals surface area contributed by atoms with E-state index in [9.17, 15) is 9.59 Å². The first-order chi connectivity index (χ1) is 17.3. The number of thioether (sulfide) groups is 1. The van der Waals surface area contributed by atoms with Crippen LogP contribution in [0.1, 0.15) is 37.0 Å². The zero-order valence-electron chi connectivity index (χ0n) is 20.6. The highest BCUT2D eigenvalue weighted by Crippen LogP contribution is 2.19. The lowest BCUT2D eigenvalue weighted by Crippen LogP contribution is -2.51. The molecule has 2 amide bonds. The van der Waals surface area contributed by atoms with Crippen LogP contribution in [0.3, 0.4) is 0 Å². The molecule has 4 rings (SSSR count). The van der Waals surface area contributed by atoms with Gasteiger partial charge in [-0.3, -0.25) is 9.20 Å². The molecule has 3 N–H and O–H groups in total.